The molecule has 0 aromatic heterocycles. The molecule has 75 valence electrons. The molecular formula is C9H10NO3S. The van der Waals surface area contributed by atoms with E-state index in [0.29, 0.717) is 0 Å². The van der Waals surface area contributed by atoms with Crippen molar-refractivity contribution in [2.45, 2.75) is 6.92 Å². The third-order valence-corrected chi connectivity index (χ3v) is 2.84. The van der Waals surface area contributed by atoms with E-state index in [4.69, 9.17) is 0 Å². The quantitative estimate of drug-likeness (QED) is 0.796. The van der Waals surface area contributed by atoms with E-state index in [1.54, 1.807) is 18.2 Å². The summed E-state index contributed by atoms with van der Waals surface area (Å²) in [5.74, 6) is -0.765. The number of hydrogen-bond donors (Lipinski definition) is 1. The Bertz CT molecular complexity index is 411. The lowest BCUT2D eigenvalue weighted by molar-refractivity contribution is 0.0981. The Morgan fingerprint density at radius 3 is 2.71 bits per heavy atom. The maximum absolute atomic E-state index is 11.3. The molecule has 1 amide bonds. The van der Waals surface area contributed by atoms with Gasteiger partial charge in [0.05, 0.1) is 5.75 Å². The second-order valence-corrected chi connectivity index (χ2v) is 4.62. The zero-order chi connectivity index (χ0) is 10.6. The molecular weight excluding hydrogens is 202 g/mol. The van der Waals surface area contributed by atoms with E-state index in [0.717, 1.165) is 0 Å². The third-order valence-electron chi connectivity index (χ3n) is 1.58. The van der Waals surface area contributed by atoms with E-state index in [2.05, 4.69) is 6.07 Å². The normalized spacial score (nSPS) is 10.9. The molecule has 1 rings (SSSR count). The standard InChI is InChI=1S/C9H10NO3S/c1-2-14(12,13)10-9(11)8-6-4-3-5-7-8/h3-6H,2H2,1H3,(H,10,11). The molecule has 0 spiro atoms. The molecule has 0 saturated heterocycles. The highest BCUT2D eigenvalue weighted by atomic mass is 32.2. The predicted molar refractivity (Wildman–Crippen MR) is 52.2 cm³/mol. The summed E-state index contributed by atoms with van der Waals surface area (Å²) < 4.78 is 24.0. The SMILES string of the molecule is CCS(=O)(=O)NC(=O)c1[c]cccc1. The number of benzene rings is 1. The summed E-state index contributed by atoms with van der Waals surface area (Å²) in [5, 5.41) is 0. The summed E-state index contributed by atoms with van der Waals surface area (Å²) in [6, 6.07) is 9.03. The molecule has 0 unspecified atom stereocenters. The van der Waals surface area contributed by atoms with E-state index < -0.39 is 15.9 Å². The first-order valence-electron chi connectivity index (χ1n) is 4.06. The molecule has 0 bridgehead atoms. The molecule has 1 aromatic rings. The number of hydrogen-bond acceptors (Lipinski definition) is 3. The lowest BCUT2D eigenvalue weighted by atomic mass is 10.2. The highest BCUT2D eigenvalue weighted by Crippen LogP contribution is 1.98. The van der Waals surface area contributed by atoms with Crippen molar-refractivity contribution in [3.63, 3.8) is 0 Å². The molecule has 0 saturated carbocycles. The number of rotatable bonds is 3. The Labute approximate surface area is 83.0 Å². The third kappa shape index (κ3) is 2.85. The van der Waals surface area contributed by atoms with Gasteiger partial charge in [-0.05, 0) is 19.1 Å². The minimum absolute atomic E-state index is 0.119. The van der Waals surface area contributed by atoms with Gasteiger partial charge in [-0.3, -0.25) is 4.79 Å². The Balaban J connectivity index is 2.79. The molecule has 0 atom stereocenters. The van der Waals surface area contributed by atoms with Gasteiger partial charge in [-0.1, -0.05) is 18.2 Å². The Hall–Kier alpha value is -1.36. The first-order valence-corrected chi connectivity index (χ1v) is 5.72. The highest BCUT2D eigenvalue weighted by Gasteiger charge is 2.12. The van der Waals surface area contributed by atoms with Gasteiger partial charge in [0.2, 0.25) is 10.0 Å². The average Bonchev–Trinajstić information content (AvgIpc) is 2.19. The van der Waals surface area contributed by atoms with Gasteiger partial charge in [0.25, 0.3) is 5.91 Å². The van der Waals surface area contributed by atoms with Crippen molar-refractivity contribution >= 4 is 15.9 Å². The van der Waals surface area contributed by atoms with Crippen LogP contribution in [-0.4, -0.2) is 20.1 Å². The van der Waals surface area contributed by atoms with Gasteiger partial charge in [-0.2, -0.15) is 0 Å². The van der Waals surface area contributed by atoms with Gasteiger partial charge in [0, 0.05) is 5.56 Å². The van der Waals surface area contributed by atoms with Gasteiger partial charge in [0.1, 0.15) is 0 Å². The van der Waals surface area contributed by atoms with Crippen molar-refractivity contribution in [2.75, 3.05) is 5.75 Å². The molecule has 4 nitrogen and oxygen atoms in total. The second-order valence-electron chi connectivity index (χ2n) is 2.61. The smallest absolute Gasteiger partial charge is 0.265 e. The highest BCUT2D eigenvalue weighted by molar-refractivity contribution is 7.90. The van der Waals surface area contributed by atoms with Crippen LogP contribution < -0.4 is 4.72 Å². The fourth-order valence-corrected chi connectivity index (χ4v) is 1.34. The van der Waals surface area contributed by atoms with E-state index in [9.17, 15) is 13.2 Å². The summed E-state index contributed by atoms with van der Waals surface area (Å²) in [5.41, 5.74) is 0.213. The number of carbonyl (C=O) groups is 1. The summed E-state index contributed by atoms with van der Waals surface area (Å²) in [4.78, 5) is 11.3. The lowest BCUT2D eigenvalue weighted by Gasteiger charge is -2.03. The summed E-state index contributed by atoms with van der Waals surface area (Å²) in [6.45, 7) is 1.46. The monoisotopic (exact) mass is 212 g/mol. The van der Waals surface area contributed by atoms with Crippen molar-refractivity contribution in [1.29, 1.82) is 0 Å². The minimum atomic E-state index is -3.49. The van der Waals surface area contributed by atoms with Crippen LogP contribution in [-0.2, 0) is 10.0 Å². The Morgan fingerprint density at radius 1 is 1.50 bits per heavy atom. The van der Waals surface area contributed by atoms with Gasteiger partial charge < -0.3 is 0 Å². The molecule has 1 aromatic carbocycles. The average molecular weight is 212 g/mol. The maximum Gasteiger partial charge on any atom is 0.265 e. The number of carbonyl (C=O) groups excluding carboxylic acids is 1. The van der Waals surface area contributed by atoms with Crippen LogP contribution in [0.2, 0.25) is 0 Å². The molecule has 14 heavy (non-hydrogen) atoms. The van der Waals surface area contributed by atoms with Gasteiger partial charge in [0.15, 0.2) is 0 Å². The van der Waals surface area contributed by atoms with Crippen molar-refractivity contribution in [3.05, 3.63) is 35.9 Å². The van der Waals surface area contributed by atoms with E-state index in [1.165, 1.54) is 13.0 Å². The molecule has 0 heterocycles. The molecule has 1 N–H and O–H groups in total. The first kappa shape index (κ1) is 10.7. The van der Waals surface area contributed by atoms with Gasteiger partial charge in [-0.25, -0.2) is 13.1 Å². The van der Waals surface area contributed by atoms with E-state index in [-0.39, 0.29) is 11.3 Å². The molecule has 0 aliphatic rings. The molecule has 1 radical (unpaired) electrons. The molecule has 5 heteroatoms. The van der Waals surface area contributed by atoms with Crippen molar-refractivity contribution in [1.82, 2.24) is 4.72 Å². The Kier molecular flexibility index (Phi) is 3.24. The van der Waals surface area contributed by atoms with Gasteiger partial charge in [-0.15, -0.1) is 0 Å². The summed E-state index contributed by atoms with van der Waals surface area (Å²) in [6.07, 6.45) is 0. The zero-order valence-electron chi connectivity index (χ0n) is 7.65. The topological polar surface area (TPSA) is 63.2 Å². The number of amides is 1. The van der Waals surface area contributed by atoms with Crippen LogP contribution in [0.25, 0.3) is 0 Å². The maximum atomic E-state index is 11.3. The van der Waals surface area contributed by atoms with Crippen LogP contribution in [0, 0.1) is 6.07 Å². The van der Waals surface area contributed by atoms with Crippen LogP contribution >= 0.6 is 0 Å². The molecule has 0 fully saturated rings. The van der Waals surface area contributed by atoms with Crippen LogP contribution in [0.3, 0.4) is 0 Å². The summed E-state index contributed by atoms with van der Waals surface area (Å²) in [7, 11) is -3.49. The molecule has 0 aliphatic carbocycles. The number of sulfonamides is 1. The lowest BCUT2D eigenvalue weighted by Crippen LogP contribution is -2.31. The van der Waals surface area contributed by atoms with Crippen LogP contribution in [0.1, 0.15) is 17.3 Å². The number of nitrogens with one attached hydrogen (secondary N) is 1. The Morgan fingerprint density at radius 2 is 2.21 bits per heavy atom. The van der Waals surface area contributed by atoms with Crippen molar-refractivity contribution in [2.24, 2.45) is 0 Å². The molecule has 0 aliphatic heterocycles. The van der Waals surface area contributed by atoms with Crippen LogP contribution in [0.15, 0.2) is 24.3 Å². The van der Waals surface area contributed by atoms with E-state index >= 15 is 0 Å². The van der Waals surface area contributed by atoms with E-state index in [1.807, 2.05) is 4.72 Å². The first-order chi connectivity index (χ1) is 6.55. The largest absolute Gasteiger partial charge is 0.268 e. The van der Waals surface area contributed by atoms with Crippen LogP contribution in [0.4, 0.5) is 0 Å². The van der Waals surface area contributed by atoms with Gasteiger partial charge >= 0.3 is 0 Å². The van der Waals surface area contributed by atoms with Crippen molar-refractivity contribution in [3.8, 4) is 0 Å². The minimum Gasteiger partial charge on any atom is -0.268 e. The van der Waals surface area contributed by atoms with Crippen molar-refractivity contribution < 1.29 is 13.2 Å². The fraction of sp³-hybridized carbons (Fsp3) is 0.222. The summed E-state index contributed by atoms with van der Waals surface area (Å²) >= 11 is 0. The van der Waals surface area contributed by atoms with Crippen LogP contribution in [0.5, 0.6) is 0 Å². The zero-order valence-corrected chi connectivity index (χ0v) is 8.47. The second kappa shape index (κ2) is 4.23. The predicted octanol–water partition coefficient (Wildman–Crippen LogP) is 0.566. The fourth-order valence-electron chi connectivity index (χ4n) is 0.803.